The Kier molecular flexibility index (Phi) is 6.67. The first-order valence-electron chi connectivity index (χ1n) is 9.90. The third kappa shape index (κ3) is 5.51. The van der Waals surface area contributed by atoms with Crippen LogP contribution < -0.4 is 21.9 Å². The van der Waals surface area contributed by atoms with Crippen LogP contribution in [-0.2, 0) is 6.54 Å². The van der Waals surface area contributed by atoms with Crippen LogP contribution in [0.25, 0.3) is 5.69 Å². The van der Waals surface area contributed by atoms with Crippen molar-refractivity contribution in [2.75, 3.05) is 12.3 Å². The molecule has 1 saturated carbocycles. The maximum absolute atomic E-state index is 13.1. The highest BCUT2D eigenvalue weighted by Gasteiger charge is 2.33. The zero-order chi connectivity index (χ0) is 21.9. The maximum Gasteiger partial charge on any atom is 0.573 e. The fraction of sp³-hybridized carbons (Fsp3) is 0.500. The van der Waals surface area contributed by atoms with E-state index >= 15 is 0 Å². The second-order valence-corrected chi connectivity index (χ2v) is 7.48. The molecule has 0 radical (unpaired) electrons. The Balaban J connectivity index is 1.91. The van der Waals surface area contributed by atoms with Gasteiger partial charge in [0.1, 0.15) is 11.6 Å². The van der Waals surface area contributed by atoms with E-state index in [0.717, 1.165) is 30.3 Å². The molecule has 7 nitrogen and oxygen atoms in total. The van der Waals surface area contributed by atoms with Crippen LogP contribution in [0.4, 0.5) is 19.0 Å². The minimum Gasteiger partial charge on any atom is -0.405 e. The van der Waals surface area contributed by atoms with Crippen LogP contribution in [0.1, 0.15) is 38.2 Å². The van der Waals surface area contributed by atoms with Gasteiger partial charge in [0.25, 0.3) is 0 Å². The van der Waals surface area contributed by atoms with Crippen molar-refractivity contribution in [3.63, 3.8) is 0 Å². The van der Waals surface area contributed by atoms with Crippen molar-refractivity contribution >= 4 is 5.82 Å². The van der Waals surface area contributed by atoms with Crippen LogP contribution in [0.2, 0.25) is 0 Å². The molecule has 0 atom stereocenters. The minimum atomic E-state index is -4.85. The number of hydrogen-bond donors (Lipinski definition) is 2. The number of nitrogen functional groups attached to an aromatic ring is 1. The molecule has 0 amide bonds. The second-order valence-electron chi connectivity index (χ2n) is 7.48. The Hall–Kier alpha value is -2.59. The van der Waals surface area contributed by atoms with E-state index in [9.17, 15) is 18.0 Å². The number of nitrogens with two attached hydrogens (primary N) is 2. The van der Waals surface area contributed by atoms with Gasteiger partial charge in [0.15, 0.2) is 0 Å². The fourth-order valence-electron chi connectivity index (χ4n) is 3.84. The number of alkyl halides is 3. The van der Waals surface area contributed by atoms with Gasteiger partial charge < -0.3 is 16.2 Å². The lowest BCUT2D eigenvalue weighted by Gasteiger charge is -2.35. The molecule has 1 heterocycles. The lowest BCUT2D eigenvalue weighted by molar-refractivity contribution is -0.275. The molecule has 0 saturated heterocycles. The Bertz CT molecular complexity index is 923. The van der Waals surface area contributed by atoms with Gasteiger partial charge in [-0.1, -0.05) is 13.0 Å². The molecular formula is C20H26F3N5O2. The summed E-state index contributed by atoms with van der Waals surface area (Å²) in [5.74, 6) is -0.305. The Morgan fingerprint density at radius 3 is 2.53 bits per heavy atom. The van der Waals surface area contributed by atoms with Gasteiger partial charge in [-0.25, -0.2) is 4.79 Å². The van der Waals surface area contributed by atoms with Crippen molar-refractivity contribution in [1.82, 2.24) is 14.5 Å². The van der Waals surface area contributed by atoms with Gasteiger partial charge in [-0.2, -0.15) is 4.98 Å². The number of ether oxygens (including phenoxy) is 1. The molecule has 1 aliphatic rings. The summed E-state index contributed by atoms with van der Waals surface area (Å²) in [5.41, 5.74) is 11.4. The number of rotatable bonds is 6. The third-order valence-electron chi connectivity index (χ3n) is 5.42. The maximum atomic E-state index is 13.1. The van der Waals surface area contributed by atoms with Gasteiger partial charge in [-0.05, 0) is 44.4 Å². The van der Waals surface area contributed by atoms with Gasteiger partial charge in [-0.3, -0.25) is 9.47 Å². The van der Waals surface area contributed by atoms with Crippen LogP contribution in [0.5, 0.6) is 5.75 Å². The number of benzene rings is 1. The monoisotopic (exact) mass is 425 g/mol. The van der Waals surface area contributed by atoms with Crippen LogP contribution in [0, 0.1) is 0 Å². The predicted molar refractivity (Wildman–Crippen MR) is 107 cm³/mol. The van der Waals surface area contributed by atoms with E-state index in [1.165, 1.54) is 18.3 Å². The summed E-state index contributed by atoms with van der Waals surface area (Å²) >= 11 is 0. The number of anilines is 1. The molecule has 1 fully saturated rings. The molecule has 0 spiro atoms. The average Bonchev–Trinajstić information content (AvgIpc) is 2.67. The van der Waals surface area contributed by atoms with Gasteiger partial charge in [0, 0.05) is 36.5 Å². The molecule has 30 heavy (non-hydrogen) atoms. The zero-order valence-electron chi connectivity index (χ0n) is 16.7. The molecule has 164 valence electrons. The summed E-state index contributed by atoms with van der Waals surface area (Å²) in [6, 6.07) is 6.17. The lowest BCUT2D eigenvalue weighted by Crippen LogP contribution is -2.40. The molecule has 2 aromatic rings. The van der Waals surface area contributed by atoms with Gasteiger partial charge in [-0.15, -0.1) is 13.2 Å². The lowest BCUT2D eigenvalue weighted by atomic mass is 9.90. The zero-order valence-corrected chi connectivity index (χ0v) is 16.7. The molecule has 1 aromatic heterocycles. The predicted octanol–water partition coefficient (Wildman–Crippen LogP) is 2.81. The standard InChI is InChI=1S/C20H26F3N5O2/c1-2-27(15-7-4-14(24)5-8-15)12-13-3-6-16(11-17(13)30-20(21,22)23)28-10-9-18(25)26-19(28)29/h3,6,9-11,14-15H,2,4-5,7-8,12,24H2,1H3,(H2,25,26,29). The normalized spacial score (nSPS) is 19.8. The highest BCUT2D eigenvalue weighted by molar-refractivity contribution is 5.45. The number of hydrogen-bond acceptors (Lipinski definition) is 6. The Labute approximate surface area is 172 Å². The molecule has 4 N–H and O–H groups in total. The molecule has 1 aromatic carbocycles. The van der Waals surface area contributed by atoms with Crippen molar-refractivity contribution in [2.24, 2.45) is 5.73 Å². The second kappa shape index (κ2) is 9.05. The van der Waals surface area contributed by atoms with Crippen molar-refractivity contribution in [2.45, 2.75) is 57.6 Å². The van der Waals surface area contributed by atoms with Crippen molar-refractivity contribution in [1.29, 1.82) is 0 Å². The van der Waals surface area contributed by atoms with E-state index in [4.69, 9.17) is 11.5 Å². The third-order valence-corrected chi connectivity index (χ3v) is 5.42. The summed E-state index contributed by atoms with van der Waals surface area (Å²) in [5, 5.41) is 0. The van der Waals surface area contributed by atoms with Crippen molar-refractivity contribution in [3.8, 4) is 11.4 Å². The minimum absolute atomic E-state index is 0.0328. The van der Waals surface area contributed by atoms with Gasteiger partial charge in [0.05, 0.1) is 5.69 Å². The molecular weight excluding hydrogens is 399 g/mol. The largest absolute Gasteiger partial charge is 0.573 e. The van der Waals surface area contributed by atoms with Crippen LogP contribution >= 0.6 is 0 Å². The van der Waals surface area contributed by atoms with Crippen LogP contribution in [0.3, 0.4) is 0 Å². The molecule has 0 bridgehead atoms. The molecule has 0 aliphatic heterocycles. The first kappa shape index (κ1) is 22.1. The summed E-state index contributed by atoms with van der Waals surface area (Å²) in [4.78, 5) is 17.8. The Morgan fingerprint density at radius 2 is 1.93 bits per heavy atom. The fourth-order valence-corrected chi connectivity index (χ4v) is 3.84. The number of halogens is 3. The first-order valence-corrected chi connectivity index (χ1v) is 9.90. The van der Waals surface area contributed by atoms with E-state index < -0.39 is 12.1 Å². The number of nitrogens with zero attached hydrogens (tertiary/aromatic N) is 3. The molecule has 10 heteroatoms. The summed E-state index contributed by atoms with van der Waals surface area (Å²) in [6.07, 6.45) is 0.134. The van der Waals surface area contributed by atoms with E-state index in [1.54, 1.807) is 12.1 Å². The van der Waals surface area contributed by atoms with Crippen molar-refractivity contribution in [3.05, 3.63) is 46.5 Å². The summed E-state index contributed by atoms with van der Waals surface area (Å²) in [6.45, 7) is 2.97. The van der Waals surface area contributed by atoms with Gasteiger partial charge >= 0.3 is 12.1 Å². The Morgan fingerprint density at radius 1 is 1.23 bits per heavy atom. The van der Waals surface area contributed by atoms with E-state index in [2.05, 4.69) is 14.6 Å². The first-order chi connectivity index (χ1) is 14.2. The van der Waals surface area contributed by atoms with E-state index in [0.29, 0.717) is 18.7 Å². The molecule has 3 rings (SSSR count). The SMILES string of the molecule is CCN(Cc1ccc(-n2ccc(N)nc2=O)cc1OC(F)(F)F)C1CCC(N)CC1. The summed E-state index contributed by atoms with van der Waals surface area (Å²) in [7, 11) is 0. The topological polar surface area (TPSA) is 99.4 Å². The highest BCUT2D eigenvalue weighted by atomic mass is 19.4. The van der Waals surface area contributed by atoms with E-state index in [1.807, 2.05) is 6.92 Å². The average molecular weight is 425 g/mol. The summed E-state index contributed by atoms with van der Waals surface area (Å²) < 4.78 is 44.6. The quantitative estimate of drug-likeness (QED) is 0.738. The van der Waals surface area contributed by atoms with Crippen LogP contribution in [-0.4, -0.2) is 39.4 Å². The smallest absolute Gasteiger partial charge is 0.405 e. The van der Waals surface area contributed by atoms with Gasteiger partial charge in [0.2, 0.25) is 0 Å². The highest BCUT2D eigenvalue weighted by Crippen LogP contribution is 2.31. The molecule has 0 unspecified atom stereocenters. The van der Waals surface area contributed by atoms with E-state index in [-0.39, 0.29) is 29.3 Å². The number of aromatic nitrogens is 2. The van der Waals surface area contributed by atoms with Crippen molar-refractivity contribution < 1.29 is 17.9 Å². The molecule has 1 aliphatic carbocycles. The van der Waals surface area contributed by atoms with Crippen LogP contribution in [0.15, 0.2) is 35.3 Å².